The average Bonchev–Trinajstić information content (AvgIpc) is 2.80. The van der Waals surface area contributed by atoms with Crippen LogP contribution >= 0.6 is 22.9 Å². The molecule has 0 radical (unpaired) electrons. The normalized spacial score (nSPS) is 10.2. The summed E-state index contributed by atoms with van der Waals surface area (Å²) < 4.78 is 4.68. The summed E-state index contributed by atoms with van der Waals surface area (Å²) in [5.74, 6) is -0.893. The van der Waals surface area contributed by atoms with E-state index in [0.717, 1.165) is 5.56 Å². The third kappa shape index (κ3) is 2.97. The number of rotatable bonds is 3. The third-order valence-electron chi connectivity index (χ3n) is 2.54. The van der Waals surface area contributed by atoms with Gasteiger partial charge in [0.15, 0.2) is 0 Å². The smallest absolute Gasteiger partial charge is 0.350 e. The molecule has 2 heterocycles. The number of amides is 1. The molecule has 2 aromatic rings. The highest BCUT2D eigenvalue weighted by molar-refractivity contribution is 7.12. The quantitative estimate of drug-likeness (QED) is 0.884. The second kappa shape index (κ2) is 6.02. The number of ether oxygens (including phenoxy) is 1. The van der Waals surface area contributed by atoms with Gasteiger partial charge in [-0.05, 0) is 30.0 Å². The van der Waals surface area contributed by atoms with Crippen LogP contribution in [0.15, 0.2) is 23.7 Å². The minimum absolute atomic E-state index is 0.218. The first kappa shape index (κ1) is 14.5. The summed E-state index contributed by atoms with van der Waals surface area (Å²) >= 11 is 6.93. The van der Waals surface area contributed by atoms with E-state index in [1.54, 1.807) is 18.4 Å². The van der Waals surface area contributed by atoms with Crippen molar-refractivity contribution in [1.29, 1.82) is 0 Å². The van der Waals surface area contributed by atoms with E-state index in [4.69, 9.17) is 11.6 Å². The van der Waals surface area contributed by atoms with Crippen LogP contribution in [0.1, 0.15) is 25.7 Å². The van der Waals surface area contributed by atoms with E-state index in [0.29, 0.717) is 15.6 Å². The van der Waals surface area contributed by atoms with Crippen LogP contribution in [0.4, 0.5) is 5.69 Å². The van der Waals surface area contributed by atoms with Crippen molar-refractivity contribution >= 4 is 40.5 Å². The fourth-order valence-electron chi connectivity index (χ4n) is 1.53. The lowest BCUT2D eigenvalue weighted by Crippen LogP contribution is -2.15. The highest BCUT2D eigenvalue weighted by Gasteiger charge is 2.19. The van der Waals surface area contributed by atoms with Gasteiger partial charge in [-0.1, -0.05) is 11.6 Å². The number of anilines is 1. The molecule has 0 bridgehead atoms. The topological polar surface area (TPSA) is 68.3 Å². The van der Waals surface area contributed by atoms with Gasteiger partial charge in [-0.2, -0.15) is 0 Å². The maximum absolute atomic E-state index is 12.1. The highest BCUT2D eigenvalue weighted by atomic mass is 35.5. The van der Waals surface area contributed by atoms with E-state index < -0.39 is 11.9 Å². The molecule has 7 heteroatoms. The van der Waals surface area contributed by atoms with Crippen LogP contribution in [-0.4, -0.2) is 24.0 Å². The molecule has 0 aliphatic heterocycles. The predicted molar refractivity (Wildman–Crippen MR) is 77.6 cm³/mol. The zero-order chi connectivity index (χ0) is 14.7. The van der Waals surface area contributed by atoms with Crippen LogP contribution in [0.25, 0.3) is 0 Å². The van der Waals surface area contributed by atoms with Crippen molar-refractivity contribution in [2.75, 3.05) is 12.4 Å². The molecular formula is C13H11ClN2O3S. The van der Waals surface area contributed by atoms with Crippen molar-refractivity contribution in [3.8, 4) is 0 Å². The lowest BCUT2D eigenvalue weighted by atomic mass is 10.2. The van der Waals surface area contributed by atoms with Gasteiger partial charge in [-0.25, -0.2) is 9.78 Å². The first-order chi connectivity index (χ1) is 9.52. The lowest BCUT2D eigenvalue weighted by Gasteiger charge is -2.06. The molecule has 0 aromatic carbocycles. The SMILES string of the molecule is COC(=O)c1scc(C)c1NC(=O)c1ccc(Cl)cn1. The van der Waals surface area contributed by atoms with Crippen molar-refractivity contribution < 1.29 is 14.3 Å². The Bertz CT molecular complexity index is 652. The molecule has 0 spiro atoms. The Kier molecular flexibility index (Phi) is 4.36. The third-order valence-corrected chi connectivity index (χ3v) is 3.85. The number of methoxy groups -OCH3 is 1. The number of aromatic nitrogens is 1. The summed E-state index contributed by atoms with van der Waals surface area (Å²) in [6.45, 7) is 1.80. The summed E-state index contributed by atoms with van der Waals surface area (Å²) in [6, 6.07) is 3.09. The summed E-state index contributed by atoms with van der Waals surface area (Å²) in [4.78, 5) is 28.0. The summed E-state index contributed by atoms with van der Waals surface area (Å²) in [7, 11) is 1.30. The summed E-state index contributed by atoms with van der Waals surface area (Å²) in [6.07, 6.45) is 1.39. The maximum atomic E-state index is 12.1. The molecule has 0 aliphatic rings. The number of carbonyl (C=O) groups is 2. The van der Waals surface area contributed by atoms with Gasteiger partial charge in [-0.3, -0.25) is 4.79 Å². The van der Waals surface area contributed by atoms with E-state index in [2.05, 4.69) is 15.0 Å². The monoisotopic (exact) mass is 310 g/mol. The number of hydrogen-bond donors (Lipinski definition) is 1. The van der Waals surface area contributed by atoms with Crippen molar-refractivity contribution in [2.45, 2.75) is 6.92 Å². The standard InChI is InChI=1S/C13H11ClN2O3S/c1-7-6-20-11(13(18)19-2)10(7)16-12(17)9-4-3-8(14)5-15-9/h3-6H,1-2H3,(H,16,17). The van der Waals surface area contributed by atoms with E-state index in [9.17, 15) is 9.59 Å². The van der Waals surface area contributed by atoms with Crippen LogP contribution in [0, 0.1) is 6.92 Å². The van der Waals surface area contributed by atoms with Crippen molar-refractivity contribution in [3.63, 3.8) is 0 Å². The van der Waals surface area contributed by atoms with Gasteiger partial charge < -0.3 is 10.1 Å². The largest absolute Gasteiger partial charge is 0.465 e. The van der Waals surface area contributed by atoms with Crippen molar-refractivity contribution in [3.05, 3.63) is 44.9 Å². The number of pyridine rings is 1. The maximum Gasteiger partial charge on any atom is 0.350 e. The number of nitrogens with zero attached hydrogens (tertiary/aromatic N) is 1. The zero-order valence-corrected chi connectivity index (χ0v) is 12.3. The highest BCUT2D eigenvalue weighted by Crippen LogP contribution is 2.28. The van der Waals surface area contributed by atoms with Crippen LogP contribution in [0.5, 0.6) is 0 Å². The molecule has 0 saturated carbocycles. The van der Waals surface area contributed by atoms with Crippen LogP contribution in [0.2, 0.25) is 5.02 Å². The Morgan fingerprint density at radius 2 is 2.15 bits per heavy atom. The summed E-state index contributed by atoms with van der Waals surface area (Å²) in [5, 5.41) is 4.90. The second-order valence-electron chi connectivity index (χ2n) is 3.93. The van der Waals surface area contributed by atoms with E-state index in [-0.39, 0.29) is 5.69 Å². The number of hydrogen-bond acceptors (Lipinski definition) is 5. The van der Waals surface area contributed by atoms with Gasteiger partial charge in [0.1, 0.15) is 10.6 Å². The summed E-state index contributed by atoms with van der Waals surface area (Å²) in [5.41, 5.74) is 1.46. The fourth-order valence-corrected chi connectivity index (χ4v) is 2.56. The molecule has 5 nitrogen and oxygen atoms in total. The Hall–Kier alpha value is -1.92. The number of thiophene rings is 1. The van der Waals surface area contributed by atoms with Crippen LogP contribution in [-0.2, 0) is 4.74 Å². The average molecular weight is 311 g/mol. The predicted octanol–water partition coefficient (Wildman–Crippen LogP) is 3.14. The molecule has 0 fully saturated rings. The molecule has 1 amide bonds. The van der Waals surface area contributed by atoms with E-state index >= 15 is 0 Å². The molecular weight excluding hydrogens is 300 g/mol. The first-order valence-electron chi connectivity index (χ1n) is 5.62. The number of esters is 1. The number of nitrogens with one attached hydrogen (secondary N) is 1. The molecule has 2 aromatic heterocycles. The Morgan fingerprint density at radius 3 is 2.75 bits per heavy atom. The Morgan fingerprint density at radius 1 is 1.40 bits per heavy atom. The van der Waals surface area contributed by atoms with E-state index in [1.165, 1.54) is 30.7 Å². The van der Waals surface area contributed by atoms with Crippen LogP contribution < -0.4 is 5.32 Å². The molecule has 104 valence electrons. The molecule has 0 saturated heterocycles. The number of aryl methyl sites for hydroxylation is 1. The van der Waals surface area contributed by atoms with Gasteiger partial charge >= 0.3 is 5.97 Å². The Balaban J connectivity index is 2.26. The molecule has 1 N–H and O–H groups in total. The minimum Gasteiger partial charge on any atom is -0.465 e. The molecule has 0 unspecified atom stereocenters. The second-order valence-corrected chi connectivity index (χ2v) is 5.25. The number of halogens is 1. The first-order valence-corrected chi connectivity index (χ1v) is 6.88. The number of carbonyl (C=O) groups excluding carboxylic acids is 2. The lowest BCUT2D eigenvalue weighted by molar-refractivity contribution is 0.0607. The zero-order valence-electron chi connectivity index (χ0n) is 10.8. The Labute approximate surface area is 124 Å². The van der Waals surface area contributed by atoms with Gasteiger partial charge in [-0.15, -0.1) is 11.3 Å². The molecule has 2 rings (SSSR count). The van der Waals surface area contributed by atoms with Gasteiger partial charge in [0.2, 0.25) is 0 Å². The molecule has 20 heavy (non-hydrogen) atoms. The van der Waals surface area contributed by atoms with Gasteiger partial charge in [0.25, 0.3) is 5.91 Å². The molecule has 0 aliphatic carbocycles. The van der Waals surface area contributed by atoms with Gasteiger partial charge in [0.05, 0.1) is 17.8 Å². The van der Waals surface area contributed by atoms with Crippen molar-refractivity contribution in [1.82, 2.24) is 4.98 Å². The van der Waals surface area contributed by atoms with E-state index in [1.807, 2.05) is 0 Å². The van der Waals surface area contributed by atoms with Crippen LogP contribution in [0.3, 0.4) is 0 Å². The van der Waals surface area contributed by atoms with Crippen molar-refractivity contribution in [2.24, 2.45) is 0 Å². The fraction of sp³-hybridized carbons (Fsp3) is 0.154. The molecule has 0 atom stereocenters. The minimum atomic E-state index is -0.484. The van der Waals surface area contributed by atoms with Gasteiger partial charge in [0, 0.05) is 6.20 Å².